The molecule has 5 nitrogen and oxygen atoms in total. The zero-order valence-corrected chi connectivity index (χ0v) is 24.4. The van der Waals surface area contributed by atoms with E-state index in [0.29, 0.717) is 12.6 Å². The van der Waals surface area contributed by atoms with E-state index in [0.717, 1.165) is 63.9 Å². The summed E-state index contributed by atoms with van der Waals surface area (Å²) in [6, 6.07) is 22.5. The van der Waals surface area contributed by atoms with Crippen molar-refractivity contribution in [1.82, 2.24) is 9.27 Å². The summed E-state index contributed by atoms with van der Waals surface area (Å²) >= 11 is 1.51. The van der Waals surface area contributed by atoms with Gasteiger partial charge in [0.05, 0.1) is 4.88 Å². The monoisotopic (exact) mass is 552 g/mol. The Bertz CT molecular complexity index is 1540. The molecular weight excluding hydrogens is 516 g/mol. The molecule has 1 fully saturated rings. The summed E-state index contributed by atoms with van der Waals surface area (Å²) in [4.78, 5) is 3.68. The molecule has 0 saturated carbocycles. The van der Waals surface area contributed by atoms with E-state index >= 15 is 0 Å². The van der Waals surface area contributed by atoms with E-state index in [4.69, 9.17) is 9.47 Å². The van der Waals surface area contributed by atoms with Crippen LogP contribution in [0.25, 0.3) is 21.6 Å². The molecule has 3 aromatic carbocycles. The highest BCUT2D eigenvalue weighted by atomic mass is 32.1. The van der Waals surface area contributed by atoms with Gasteiger partial charge in [0.15, 0.2) is 0 Å². The first-order chi connectivity index (χ1) is 19.4. The topological polar surface area (TPSA) is 54.8 Å². The van der Waals surface area contributed by atoms with Crippen molar-refractivity contribution in [2.45, 2.75) is 46.3 Å². The Morgan fingerprint density at radius 1 is 1.07 bits per heavy atom. The maximum atomic E-state index is 10.3. The first-order valence-corrected chi connectivity index (χ1v) is 14.8. The number of phenols is 1. The van der Waals surface area contributed by atoms with Crippen molar-refractivity contribution in [2.24, 2.45) is 5.92 Å². The van der Waals surface area contributed by atoms with E-state index in [1.54, 1.807) is 6.07 Å². The van der Waals surface area contributed by atoms with Crippen molar-refractivity contribution < 1.29 is 14.6 Å². The number of hydrogen-bond donors (Lipinski definition) is 1. The number of ether oxygens (including phenoxy) is 2. The van der Waals surface area contributed by atoms with Crippen molar-refractivity contribution in [1.29, 1.82) is 0 Å². The van der Waals surface area contributed by atoms with E-state index in [9.17, 15) is 5.11 Å². The standard InChI is InChI=1S/C34H36N2O3S/c1-21-14-15-36(19-21)23(3)20-38-29-11-8-25(9-12-29)33-32(26-6-5-7-28(37)16-26)24(4)30-17-27(10-13-31(30)39-33)34-22(2)18-35-40-34/h5-13,16-18,21,23,33,37H,14-15,19-20H2,1-4H3. The molecule has 2 aliphatic heterocycles. The van der Waals surface area contributed by atoms with Crippen LogP contribution in [0.2, 0.25) is 0 Å². The van der Waals surface area contributed by atoms with Crippen LogP contribution in [0.15, 0.2) is 72.9 Å². The van der Waals surface area contributed by atoms with Gasteiger partial charge in [0, 0.05) is 29.9 Å². The summed E-state index contributed by atoms with van der Waals surface area (Å²) in [7, 11) is 0. The lowest BCUT2D eigenvalue weighted by atomic mass is 9.85. The minimum atomic E-state index is -0.315. The van der Waals surface area contributed by atoms with Crippen LogP contribution in [0.1, 0.15) is 55.5 Å². The summed E-state index contributed by atoms with van der Waals surface area (Å²) in [5, 5.41) is 10.3. The quantitative estimate of drug-likeness (QED) is 0.252. The minimum absolute atomic E-state index is 0.238. The number of aryl methyl sites for hydroxylation is 1. The lowest BCUT2D eigenvalue weighted by Crippen LogP contribution is -2.35. The Morgan fingerprint density at radius 3 is 2.60 bits per heavy atom. The minimum Gasteiger partial charge on any atom is -0.508 e. The molecule has 6 rings (SSSR count). The zero-order valence-electron chi connectivity index (χ0n) is 23.6. The van der Waals surface area contributed by atoms with Crippen molar-refractivity contribution in [3.8, 4) is 27.7 Å². The molecule has 1 aromatic heterocycles. The second-order valence-electron chi connectivity index (χ2n) is 11.3. The van der Waals surface area contributed by atoms with E-state index in [-0.39, 0.29) is 11.9 Å². The number of benzene rings is 3. The van der Waals surface area contributed by atoms with Crippen molar-refractivity contribution >= 4 is 22.7 Å². The Morgan fingerprint density at radius 2 is 1.90 bits per heavy atom. The van der Waals surface area contributed by atoms with E-state index < -0.39 is 0 Å². The van der Waals surface area contributed by atoms with Crippen LogP contribution in [0, 0.1) is 12.8 Å². The van der Waals surface area contributed by atoms with Gasteiger partial charge in [-0.3, -0.25) is 4.90 Å². The van der Waals surface area contributed by atoms with E-state index in [2.05, 4.69) is 67.3 Å². The molecule has 0 radical (unpaired) electrons. The fourth-order valence-corrected chi connectivity index (χ4v) is 6.62. The highest BCUT2D eigenvalue weighted by Crippen LogP contribution is 2.48. The van der Waals surface area contributed by atoms with Gasteiger partial charge in [-0.1, -0.05) is 31.2 Å². The predicted octanol–water partition coefficient (Wildman–Crippen LogP) is 8.00. The van der Waals surface area contributed by atoms with Gasteiger partial charge in [0.2, 0.25) is 0 Å². The summed E-state index contributed by atoms with van der Waals surface area (Å²) in [6.45, 7) is 11.8. The molecule has 3 heterocycles. The van der Waals surface area contributed by atoms with Crippen LogP contribution in [0.4, 0.5) is 0 Å². The smallest absolute Gasteiger partial charge is 0.150 e. The molecule has 0 amide bonds. The van der Waals surface area contributed by atoms with Gasteiger partial charge in [0.1, 0.15) is 30.0 Å². The average molecular weight is 553 g/mol. The van der Waals surface area contributed by atoms with E-state index in [1.165, 1.54) is 28.4 Å². The number of aromatic hydroxyl groups is 1. The molecule has 4 aromatic rings. The molecule has 206 valence electrons. The summed E-state index contributed by atoms with van der Waals surface area (Å²) in [6.07, 6.45) is 2.86. The van der Waals surface area contributed by atoms with Crippen LogP contribution >= 0.6 is 11.5 Å². The number of likely N-dealkylation sites (tertiary alicyclic amines) is 1. The van der Waals surface area contributed by atoms with Gasteiger partial charge in [0.25, 0.3) is 0 Å². The van der Waals surface area contributed by atoms with Crippen molar-refractivity contribution in [2.75, 3.05) is 19.7 Å². The number of allylic oxidation sites excluding steroid dienone is 1. The number of rotatable bonds is 7. The molecular formula is C34H36N2O3S. The number of aromatic nitrogens is 1. The van der Waals surface area contributed by atoms with Crippen LogP contribution < -0.4 is 9.47 Å². The number of nitrogens with zero attached hydrogens (tertiary/aromatic N) is 2. The summed E-state index contributed by atoms with van der Waals surface area (Å²) in [5.41, 5.74) is 7.53. The lowest BCUT2D eigenvalue weighted by molar-refractivity contribution is 0.169. The lowest BCUT2D eigenvalue weighted by Gasteiger charge is -2.31. The van der Waals surface area contributed by atoms with Crippen molar-refractivity contribution in [3.63, 3.8) is 0 Å². The fraction of sp³-hybridized carbons (Fsp3) is 0.324. The number of fused-ring (bicyclic) bond motifs is 1. The van der Waals surface area contributed by atoms with E-state index in [1.807, 2.05) is 36.5 Å². The second kappa shape index (κ2) is 11.1. The normalized spacial score (nSPS) is 19.8. The van der Waals surface area contributed by atoms with Crippen LogP contribution in [0.5, 0.6) is 17.2 Å². The van der Waals surface area contributed by atoms with Gasteiger partial charge in [-0.15, -0.1) is 0 Å². The maximum Gasteiger partial charge on any atom is 0.150 e. The third kappa shape index (κ3) is 5.26. The Balaban J connectivity index is 1.30. The number of hydrogen-bond acceptors (Lipinski definition) is 6. The first-order valence-electron chi connectivity index (χ1n) is 14.1. The molecule has 1 N–H and O–H groups in total. The molecule has 0 bridgehead atoms. The molecule has 3 unspecified atom stereocenters. The van der Waals surface area contributed by atoms with Crippen LogP contribution in [0.3, 0.4) is 0 Å². The molecule has 1 saturated heterocycles. The summed E-state index contributed by atoms with van der Waals surface area (Å²) in [5.74, 6) is 2.72. The average Bonchev–Trinajstić information content (AvgIpc) is 3.59. The molecule has 6 heteroatoms. The molecule has 2 aliphatic rings. The second-order valence-corrected chi connectivity index (χ2v) is 12.1. The SMILES string of the molecule is CC1=C(c2cccc(O)c2)C(c2ccc(OCC(C)N3CCC(C)C3)cc2)Oc2ccc(-c3sncc3C)cc21. The largest absolute Gasteiger partial charge is 0.508 e. The fourth-order valence-electron chi connectivity index (χ4n) is 5.87. The van der Waals surface area contributed by atoms with Crippen molar-refractivity contribution in [3.05, 3.63) is 95.2 Å². The van der Waals surface area contributed by atoms with Gasteiger partial charge in [-0.2, -0.15) is 0 Å². The first kappa shape index (κ1) is 26.6. The highest BCUT2D eigenvalue weighted by molar-refractivity contribution is 7.09. The van der Waals surface area contributed by atoms with Gasteiger partial charge >= 0.3 is 0 Å². The third-order valence-electron chi connectivity index (χ3n) is 8.22. The predicted molar refractivity (Wildman–Crippen MR) is 163 cm³/mol. The zero-order chi connectivity index (χ0) is 27.8. The Hall–Kier alpha value is -3.61. The number of phenolic OH excluding ortho intramolecular Hbond substituents is 1. The summed E-state index contributed by atoms with van der Waals surface area (Å²) < 4.78 is 17.3. The molecule has 40 heavy (non-hydrogen) atoms. The molecule has 0 spiro atoms. The highest BCUT2D eigenvalue weighted by Gasteiger charge is 2.30. The van der Waals surface area contributed by atoms with Crippen LogP contribution in [-0.4, -0.2) is 40.1 Å². The van der Waals surface area contributed by atoms with Gasteiger partial charge < -0.3 is 14.6 Å². The molecule has 0 aliphatic carbocycles. The van der Waals surface area contributed by atoms with Gasteiger partial charge in [-0.05, 0) is 121 Å². The van der Waals surface area contributed by atoms with Crippen LogP contribution in [-0.2, 0) is 0 Å². The maximum absolute atomic E-state index is 10.3. The Kier molecular flexibility index (Phi) is 7.39. The van der Waals surface area contributed by atoms with Gasteiger partial charge in [-0.25, -0.2) is 4.37 Å². The third-order valence-corrected chi connectivity index (χ3v) is 9.17. The Labute approximate surface area is 240 Å². The molecule has 3 atom stereocenters.